The second kappa shape index (κ2) is 10.3. The molecule has 14 heavy (non-hydrogen) atoms. The molecule has 0 fully saturated rings. The average molecular weight is 200 g/mol. The Labute approximate surface area is 86.0 Å². The summed E-state index contributed by atoms with van der Waals surface area (Å²) in [6.07, 6.45) is 1.73. The highest BCUT2D eigenvalue weighted by atomic mass is 16.5. The van der Waals surface area contributed by atoms with E-state index >= 15 is 0 Å². The molecule has 0 N–H and O–H groups in total. The van der Waals surface area contributed by atoms with Crippen molar-refractivity contribution in [3.05, 3.63) is 0 Å². The first-order valence-electron chi connectivity index (χ1n) is 4.79. The maximum absolute atomic E-state index is 5.37. The van der Waals surface area contributed by atoms with Gasteiger partial charge in [-0.3, -0.25) is 4.99 Å². The van der Waals surface area contributed by atoms with Gasteiger partial charge in [0.1, 0.15) is 0 Å². The van der Waals surface area contributed by atoms with Gasteiger partial charge in [0.05, 0.1) is 26.4 Å². The molecule has 4 nitrogen and oxygen atoms in total. The largest absolute Gasteiger partial charge is 0.379 e. The van der Waals surface area contributed by atoms with Gasteiger partial charge in [-0.15, -0.1) is 0 Å². The van der Waals surface area contributed by atoms with Crippen molar-refractivity contribution >= 4 is 12.9 Å². The van der Waals surface area contributed by atoms with Gasteiger partial charge in [-0.1, -0.05) is 6.92 Å². The highest BCUT2D eigenvalue weighted by Gasteiger charge is 1.99. The van der Waals surface area contributed by atoms with Crippen LogP contribution < -0.4 is 0 Å². The van der Waals surface area contributed by atoms with Crippen LogP contribution in [0.25, 0.3) is 0 Å². The van der Waals surface area contributed by atoms with E-state index in [0.717, 1.165) is 6.54 Å². The first kappa shape index (κ1) is 13.3. The fraction of sp³-hybridized carbons (Fsp3) is 0.800. The van der Waals surface area contributed by atoms with E-state index in [2.05, 4.69) is 23.6 Å². The quantitative estimate of drug-likeness (QED) is 0.412. The van der Waals surface area contributed by atoms with Crippen LogP contribution in [-0.2, 0) is 9.47 Å². The maximum Gasteiger partial charge on any atom is 0.0815 e. The Bertz CT molecular complexity index is 160. The van der Waals surface area contributed by atoms with Crippen molar-refractivity contribution in [3.63, 3.8) is 0 Å². The van der Waals surface area contributed by atoms with E-state index in [-0.39, 0.29) is 0 Å². The third kappa shape index (κ3) is 9.35. The summed E-state index contributed by atoms with van der Waals surface area (Å²) in [5.74, 6) is 0.435. The number of ether oxygens (including phenoxy) is 2. The molecular weight excluding hydrogens is 180 g/mol. The van der Waals surface area contributed by atoms with Crippen LogP contribution in [0.4, 0.5) is 0 Å². The van der Waals surface area contributed by atoms with Gasteiger partial charge in [0.25, 0.3) is 0 Å². The van der Waals surface area contributed by atoms with E-state index in [1.165, 1.54) is 0 Å². The molecule has 1 unspecified atom stereocenters. The lowest BCUT2D eigenvalue weighted by Crippen LogP contribution is -2.12. The summed E-state index contributed by atoms with van der Waals surface area (Å²) in [4.78, 5) is 7.59. The number of nitrogens with zero attached hydrogens (tertiary/aromatic N) is 2. The predicted molar refractivity (Wildman–Crippen MR) is 59.6 cm³/mol. The summed E-state index contributed by atoms with van der Waals surface area (Å²) in [6, 6.07) is 0. The van der Waals surface area contributed by atoms with Crippen molar-refractivity contribution < 1.29 is 9.47 Å². The topological polar surface area (TPSA) is 43.2 Å². The number of hydrogen-bond donors (Lipinski definition) is 0. The van der Waals surface area contributed by atoms with Crippen LogP contribution in [-0.4, -0.2) is 53.0 Å². The van der Waals surface area contributed by atoms with Crippen LogP contribution in [0.5, 0.6) is 0 Å². The summed E-state index contributed by atoms with van der Waals surface area (Å²) in [6.45, 7) is 8.78. The molecule has 0 amide bonds. The van der Waals surface area contributed by atoms with Crippen molar-refractivity contribution in [1.29, 1.82) is 0 Å². The zero-order chi connectivity index (χ0) is 10.6. The van der Waals surface area contributed by atoms with Crippen LogP contribution in [0.2, 0.25) is 0 Å². The van der Waals surface area contributed by atoms with E-state index in [4.69, 9.17) is 9.47 Å². The number of rotatable bonds is 9. The van der Waals surface area contributed by atoms with Gasteiger partial charge in [-0.2, -0.15) is 0 Å². The smallest absolute Gasteiger partial charge is 0.0815 e. The summed E-state index contributed by atoms with van der Waals surface area (Å²) in [5, 5.41) is 0. The Kier molecular flexibility index (Phi) is 9.79. The molecule has 4 heteroatoms. The van der Waals surface area contributed by atoms with Gasteiger partial charge in [-0.05, 0) is 12.6 Å². The Hall–Kier alpha value is -0.740. The minimum atomic E-state index is 0.435. The van der Waals surface area contributed by atoms with Gasteiger partial charge in [-0.25, -0.2) is 0 Å². The van der Waals surface area contributed by atoms with Crippen LogP contribution in [0.3, 0.4) is 0 Å². The molecule has 0 aliphatic rings. The first-order chi connectivity index (χ1) is 6.81. The Balaban J connectivity index is 3.08. The van der Waals surface area contributed by atoms with Crippen molar-refractivity contribution in [2.75, 3.05) is 40.0 Å². The lowest BCUT2D eigenvalue weighted by Gasteiger charge is -2.08. The molecule has 0 aromatic heterocycles. The van der Waals surface area contributed by atoms with Gasteiger partial charge >= 0.3 is 0 Å². The van der Waals surface area contributed by atoms with Gasteiger partial charge < -0.3 is 14.5 Å². The lowest BCUT2D eigenvalue weighted by atomic mass is 10.2. The fourth-order valence-electron chi connectivity index (χ4n) is 0.886. The second-order valence-corrected chi connectivity index (χ2v) is 3.10. The molecule has 0 aromatic rings. The van der Waals surface area contributed by atoms with Crippen molar-refractivity contribution in [1.82, 2.24) is 0 Å². The third-order valence-electron chi connectivity index (χ3n) is 1.59. The van der Waals surface area contributed by atoms with Crippen LogP contribution in [0.1, 0.15) is 6.92 Å². The Morgan fingerprint density at radius 3 is 2.71 bits per heavy atom. The SMILES string of the molecule is C=NCC(C)COCCOCC=NC. The van der Waals surface area contributed by atoms with E-state index in [9.17, 15) is 0 Å². The molecule has 0 saturated heterocycles. The normalized spacial score (nSPS) is 13.3. The van der Waals surface area contributed by atoms with Crippen molar-refractivity contribution in [2.24, 2.45) is 15.9 Å². The molecule has 1 atom stereocenters. The fourth-order valence-corrected chi connectivity index (χ4v) is 0.886. The highest BCUT2D eigenvalue weighted by molar-refractivity contribution is 5.58. The average Bonchev–Trinajstić information content (AvgIpc) is 2.17. The third-order valence-corrected chi connectivity index (χ3v) is 1.59. The number of hydrogen-bond acceptors (Lipinski definition) is 4. The molecule has 0 radical (unpaired) electrons. The van der Waals surface area contributed by atoms with Gasteiger partial charge in [0.15, 0.2) is 0 Å². The zero-order valence-electron chi connectivity index (χ0n) is 9.11. The van der Waals surface area contributed by atoms with Crippen molar-refractivity contribution in [3.8, 4) is 0 Å². The predicted octanol–water partition coefficient (Wildman–Crippen LogP) is 1.06. The minimum absolute atomic E-state index is 0.435. The minimum Gasteiger partial charge on any atom is -0.379 e. The van der Waals surface area contributed by atoms with Crippen molar-refractivity contribution in [2.45, 2.75) is 6.92 Å². The molecule has 0 aliphatic carbocycles. The molecule has 0 rings (SSSR count). The highest BCUT2D eigenvalue weighted by Crippen LogP contribution is 1.95. The van der Waals surface area contributed by atoms with E-state index < -0.39 is 0 Å². The van der Waals surface area contributed by atoms with Gasteiger partial charge in [0.2, 0.25) is 0 Å². The molecule has 0 saturated carbocycles. The Morgan fingerprint density at radius 1 is 1.36 bits per heavy atom. The Morgan fingerprint density at radius 2 is 2.07 bits per heavy atom. The second-order valence-electron chi connectivity index (χ2n) is 3.10. The summed E-state index contributed by atoms with van der Waals surface area (Å²) < 4.78 is 10.6. The molecular formula is C10H20N2O2. The van der Waals surface area contributed by atoms with Crippen LogP contribution in [0.15, 0.2) is 9.98 Å². The summed E-state index contributed by atoms with van der Waals surface area (Å²) >= 11 is 0. The molecule has 0 bridgehead atoms. The summed E-state index contributed by atoms with van der Waals surface area (Å²) in [7, 11) is 1.73. The first-order valence-corrected chi connectivity index (χ1v) is 4.79. The van der Waals surface area contributed by atoms with Crippen LogP contribution >= 0.6 is 0 Å². The molecule has 0 aliphatic heterocycles. The number of aliphatic imine (C=N–C) groups is 2. The van der Waals surface area contributed by atoms with E-state index in [0.29, 0.717) is 32.3 Å². The summed E-state index contributed by atoms with van der Waals surface area (Å²) in [5.41, 5.74) is 0. The molecule has 0 aromatic carbocycles. The van der Waals surface area contributed by atoms with Gasteiger partial charge in [0, 0.05) is 19.8 Å². The molecule has 82 valence electrons. The monoisotopic (exact) mass is 200 g/mol. The van der Waals surface area contributed by atoms with E-state index in [1.54, 1.807) is 13.3 Å². The lowest BCUT2D eigenvalue weighted by molar-refractivity contribution is 0.0492. The zero-order valence-corrected chi connectivity index (χ0v) is 9.11. The molecule has 0 heterocycles. The maximum atomic E-state index is 5.37. The standard InChI is InChI=1S/C10H20N2O2/c1-10(8-12-3)9-14-7-6-13-5-4-11-2/h4,10H,3,5-9H2,1-2H3. The van der Waals surface area contributed by atoms with E-state index in [1.807, 2.05) is 0 Å². The van der Waals surface area contributed by atoms with Crippen LogP contribution in [0, 0.1) is 5.92 Å². The molecule has 0 spiro atoms.